The summed E-state index contributed by atoms with van der Waals surface area (Å²) < 4.78 is 0. The number of hydrogen-bond acceptors (Lipinski definition) is 5. The first-order valence-electron chi connectivity index (χ1n) is 14.3. The van der Waals surface area contributed by atoms with E-state index in [1.165, 1.54) is 42.6 Å². The maximum atomic E-state index is 12.4. The number of carboxylic acids is 2. The van der Waals surface area contributed by atoms with Crippen LogP contribution < -0.4 is 4.90 Å². The smallest absolute Gasteiger partial charge is 0.328 e. The summed E-state index contributed by atoms with van der Waals surface area (Å²) in [6.07, 6.45) is 7.20. The highest BCUT2D eigenvalue weighted by Crippen LogP contribution is 2.41. The summed E-state index contributed by atoms with van der Waals surface area (Å²) in [6.45, 7) is 1.15. The molecule has 5 rings (SSSR count). The predicted octanol–water partition coefficient (Wildman–Crippen LogP) is 5.48. The molecule has 0 radical (unpaired) electrons. The van der Waals surface area contributed by atoms with Gasteiger partial charge >= 0.3 is 11.9 Å². The van der Waals surface area contributed by atoms with Crippen molar-refractivity contribution in [2.24, 2.45) is 0 Å². The first-order valence-corrected chi connectivity index (χ1v) is 14.3. The molecule has 2 N–H and O–H groups in total. The largest absolute Gasteiger partial charge is 0.478 e. The van der Waals surface area contributed by atoms with E-state index >= 15 is 0 Å². The fraction of sp³-hybridized carbons (Fsp3) is 0.324. The monoisotopic (exact) mass is 569 g/mol. The quantitative estimate of drug-likeness (QED) is 0.329. The highest BCUT2D eigenvalue weighted by Gasteiger charge is 2.42. The van der Waals surface area contributed by atoms with Gasteiger partial charge in [0.2, 0.25) is 0 Å². The van der Waals surface area contributed by atoms with Crippen LogP contribution in [0.25, 0.3) is 0 Å². The summed E-state index contributed by atoms with van der Waals surface area (Å²) >= 11 is 0. The van der Waals surface area contributed by atoms with Gasteiger partial charge in [-0.25, -0.2) is 9.59 Å². The Morgan fingerprint density at radius 3 is 1.76 bits per heavy atom. The van der Waals surface area contributed by atoms with Gasteiger partial charge in [-0.2, -0.15) is 0 Å². The molecule has 8 heteroatoms. The Kier molecular flexibility index (Phi) is 10.5. The molecule has 3 aromatic carbocycles. The van der Waals surface area contributed by atoms with E-state index in [1.807, 2.05) is 12.1 Å². The fourth-order valence-electron chi connectivity index (χ4n) is 6.05. The second-order valence-corrected chi connectivity index (χ2v) is 10.9. The standard InChI is InChI=1S/C30H35N3O.C4H4O4/c1-31(2)30(34)24-13-15-26(16-14-24)33(25-11-7-4-8-12-25)29-21-27-17-18-28(22-29)32(27)20-19-23-9-5-3-6-10-23;5-3(6)1-2-4(7)8/h3-16,27-29H,17-22H2,1-2H3;1-2H,(H,5,6)(H,7,8)/b;2-1+/t27-,28+,29?;. The maximum absolute atomic E-state index is 12.4. The number of aliphatic carboxylic acids is 2. The molecule has 220 valence electrons. The van der Waals surface area contributed by atoms with E-state index in [0.717, 1.165) is 18.5 Å². The highest BCUT2D eigenvalue weighted by atomic mass is 16.4. The van der Waals surface area contributed by atoms with Crippen molar-refractivity contribution in [3.8, 4) is 0 Å². The molecule has 0 spiro atoms. The van der Waals surface area contributed by atoms with Gasteiger partial charge < -0.3 is 20.0 Å². The third-order valence-corrected chi connectivity index (χ3v) is 7.93. The molecule has 3 atom stereocenters. The van der Waals surface area contributed by atoms with Crippen molar-refractivity contribution in [3.05, 3.63) is 108 Å². The molecule has 0 aliphatic carbocycles. The number of piperidine rings is 1. The van der Waals surface area contributed by atoms with E-state index < -0.39 is 11.9 Å². The molecule has 42 heavy (non-hydrogen) atoms. The number of para-hydroxylation sites is 1. The minimum absolute atomic E-state index is 0.0441. The maximum Gasteiger partial charge on any atom is 0.328 e. The Bertz CT molecular complexity index is 1330. The number of nitrogens with zero attached hydrogens (tertiary/aromatic N) is 3. The molecule has 0 saturated carbocycles. The molecule has 2 aliphatic heterocycles. The first kappa shape index (κ1) is 30.5. The normalized spacial score (nSPS) is 19.5. The molecule has 0 aromatic heterocycles. The van der Waals surface area contributed by atoms with Crippen molar-refractivity contribution < 1.29 is 24.6 Å². The summed E-state index contributed by atoms with van der Waals surface area (Å²) in [4.78, 5) is 38.4. The van der Waals surface area contributed by atoms with Crippen LogP contribution in [-0.4, -0.2) is 76.6 Å². The van der Waals surface area contributed by atoms with Crippen molar-refractivity contribution >= 4 is 29.2 Å². The van der Waals surface area contributed by atoms with Gasteiger partial charge in [-0.15, -0.1) is 0 Å². The van der Waals surface area contributed by atoms with Crippen LogP contribution in [0.4, 0.5) is 11.4 Å². The number of amides is 1. The van der Waals surface area contributed by atoms with Gasteiger partial charge in [0.15, 0.2) is 0 Å². The molecule has 2 heterocycles. The highest BCUT2D eigenvalue weighted by molar-refractivity contribution is 5.94. The Balaban J connectivity index is 0.000000446. The number of fused-ring (bicyclic) bond motifs is 2. The zero-order valence-electron chi connectivity index (χ0n) is 24.2. The van der Waals surface area contributed by atoms with Crippen LogP contribution in [0.3, 0.4) is 0 Å². The Labute approximate surface area is 247 Å². The number of hydrogen-bond donors (Lipinski definition) is 2. The Morgan fingerprint density at radius 2 is 1.26 bits per heavy atom. The number of rotatable bonds is 9. The van der Waals surface area contributed by atoms with Crippen molar-refractivity contribution in [1.82, 2.24) is 9.80 Å². The number of carboxylic acid groups (broad SMARTS) is 2. The van der Waals surface area contributed by atoms with Gasteiger partial charge in [0.05, 0.1) is 0 Å². The van der Waals surface area contributed by atoms with Gasteiger partial charge in [0, 0.05) is 67.9 Å². The molecule has 1 amide bonds. The lowest BCUT2D eigenvalue weighted by atomic mass is 9.94. The van der Waals surface area contributed by atoms with Crippen molar-refractivity contribution in [2.45, 2.75) is 50.2 Å². The van der Waals surface area contributed by atoms with Crippen LogP contribution >= 0.6 is 0 Å². The Morgan fingerprint density at radius 1 is 0.762 bits per heavy atom. The third kappa shape index (κ3) is 8.07. The zero-order valence-corrected chi connectivity index (χ0v) is 24.2. The van der Waals surface area contributed by atoms with Crippen LogP contribution in [0.5, 0.6) is 0 Å². The van der Waals surface area contributed by atoms with Crippen molar-refractivity contribution in [2.75, 3.05) is 25.5 Å². The second-order valence-electron chi connectivity index (χ2n) is 10.9. The van der Waals surface area contributed by atoms with E-state index in [0.29, 0.717) is 30.3 Å². The van der Waals surface area contributed by atoms with Gasteiger partial charge in [-0.1, -0.05) is 48.5 Å². The molecule has 2 aliphatic rings. The summed E-state index contributed by atoms with van der Waals surface area (Å²) in [5.41, 5.74) is 4.57. The van der Waals surface area contributed by atoms with E-state index in [2.05, 4.69) is 82.6 Å². The van der Waals surface area contributed by atoms with Crippen molar-refractivity contribution in [3.63, 3.8) is 0 Å². The Hall–Kier alpha value is -4.43. The number of benzene rings is 3. The van der Waals surface area contributed by atoms with Crippen LogP contribution in [0.2, 0.25) is 0 Å². The topological polar surface area (TPSA) is 101 Å². The van der Waals surface area contributed by atoms with E-state index in [-0.39, 0.29) is 5.91 Å². The molecule has 8 nitrogen and oxygen atoms in total. The van der Waals surface area contributed by atoms with Gasteiger partial charge in [0.1, 0.15) is 0 Å². The lowest BCUT2D eigenvalue weighted by Gasteiger charge is -2.44. The van der Waals surface area contributed by atoms with Crippen LogP contribution in [0.15, 0.2) is 97.1 Å². The zero-order chi connectivity index (χ0) is 30.1. The molecule has 2 bridgehead atoms. The molecular weight excluding hydrogens is 530 g/mol. The van der Waals surface area contributed by atoms with Crippen LogP contribution in [0.1, 0.15) is 41.6 Å². The SMILES string of the molecule is CN(C)C(=O)c1ccc(N(c2ccccc2)C2C[C@H]3CC[C@@H](C2)N3CCc2ccccc2)cc1.O=C(O)/C=C/C(=O)O. The minimum atomic E-state index is -1.26. The molecule has 2 saturated heterocycles. The summed E-state index contributed by atoms with van der Waals surface area (Å²) in [6, 6.07) is 31.6. The lowest BCUT2D eigenvalue weighted by Crippen LogP contribution is -2.50. The summed E-state index contributed by atoms with van der Waals surface area (Å²) in [5, 5.41) is 15.6. The predicted molar refractivity (Wildman–Crippen MR) is 164 cm³/mol. The number of carbonyl (C=O) groups excluding carboxylic acids is 1. The average molecular weight is 570 g/mol. The minimum Gasteiger partial charge on any atom is -0.478 e. The molecular formula is C34H39N3O5. The molecule has 3 aromatic rings. The molecule has 2 fully saturated rings. The summed E-state index contributed by atoms with van der Waals surface area (Å²) in [7, 11) is 3.60. The lowest BCUT2D eigenvalue weighted by molar-refractivity contribution is -0.134. The average Bonchev–Trinajstić information content (AvgIpc) is 3.23. The molecule has 1 unspecified atom stereocenters. The third-order valence-electron chi connectivity index (χ3n) is 7.93. The van der Waals surface area contributed by atoms with E-state index in [4.69, 9.17) is 10.2 Å². The summed E-state index contributed by atoms with van der Waals surface area (Å²) in [5.74, 6) is -2.47. The fourth-order valence-corrected chi connectivity index (χ4v) is 6.05. The number of carbonyl (C=O) groups is 3. The van der Waals surface area contributed by atoms with E-state index in [9.17, 15) is 14.4 Å². The number of anilines is 2. The van der Waals surface area contributed by atoms with Crippen LogP contribution in [0, 0.1) is 0 Å². The van der Waals surface area contributed by atoms with Crippen LogP contribution in [-0.2, 0) is 16.0 Å². The van der Waals surface area contributed by atoms with Gasteiger partial charge in [-0.05, 0) is 74.1 Å². The second kappa shape index (κ2) is 14.5. The van der Waals surface area contributed by atoms with Crippen molar-refractivity contribution in [1.29, 1.82) is 0 Å². The van der Waals surface area contributed by atoms with Gasteiger partial charge in [0.25, 0.3) is 5.91 Å². The van der Waals surface area contributed by atoms with E-state index in [1.54, 1.807) is 19.0 Å². The first-order chi connectivity index (χ1) is 20.2. The van der Waals surface area contributed by atoms with Gasteiger partial charge in [-0.3, -0.25) is 9.69 Å².